The molecule has 84 valence electrons. The first kappa shape index (κ1) is 11.6. The van der Waals surface area contributed by atoms with Crippen molar-refractivity contribution >= 4 is 27.3 Å². The van der Waals surface area contributed by atoms with E-state index in [1.165, 1.54) is 41.5 Å². The maximum Gasteiger partial charge on any atom is 0.0701 e. The minimum atomic E-state index is 0.552. The normalized spacial score (nSPS) is 19.6. The van der Waals surface area contributed by atoms with E-state index in [0.29, 0.717) is 6.04 Å². The Hall–Kier alpha value is 0.140. The maximum atomic E-state index is 3.53. The van der Waals surface area contributed by atoms with Crippen molar-refractivity contribution in [2.24, 2.45) is 5.92 Å². The largest absolute Gasteiger partial charge is 0.313 e. The topological polar surface area (TPSA) is 12.0 Å². The van der Waals surface area contributed by atoms with Crippen molar-refractivity contribution in [1.82, 2.24) is 5.32 Å². The minimum Gasteiger partial charge on any atom is -0.313 e. The van der Waals surface area contributed by atoms with Crippen molar-refractivity contribution in [3.05, 3.63) is 20.8 Å². The van der Waals surface area contributed by atoms with Crippen LogP contribution in [0.4, 0.5) is 0 Å². The van der Waals surface area contributed by atoms with Crippen LogP contribution in [0.5, 0.6) is 0 Å². The number of rotatable bonds is 4. The second-order valence-electron chi connectivity index (χ2n) is 4.41. The molecule has 1 atom stereocenters. The molecule has 0 spiro atoms. The molecule has 3 heteroatoms. The third-order valence-corrected chi connectivity index (χ3v) is 4.91. The molecule has 1 aliphatic rings. The van der Waals surface area contributed by atoms with E-state index >= 15 is 0 Å². The van der Waals surface area contributed by atoms with Crippen molar-refractivity contribution < 1.29 is 0 Å². The molecule has 1 saturated carbocycles. The fourth-order valence-electron chi connectivity index (χ4n) is 2.51. The van der Waals surface area contributed by atoms with Crippen LogP contribution in [-0.4, -0.2) is 7.05 Å². The Morgan fingerprint density at radius 2 is 2.27 bits per heavy atom. The van der Waals surface area contributed by atoms with E-state index in [4.69, 9.17) is 0 Å². The summed E-state index contributed by atoms with van der Waals surface area (Å²) in [5, 5.41) is 5.71. The smallest absolute Gasteiger partial charge is 0.0701 e. The summed E-state index contributed by atoms with van der Waals surface area (Å²) < 4.78 is 1.24. The molecular weight excluding hydrogens is 270 g/mol. The average Bonchev–Trinajstić information content (AvgIpc) is 2.85. The molecule has 15 heavy (non-hydrogen) atoms. The number of hydrogen-bond donors (Lipinski definition) is 1. The van der Waals surface area contributed by atoms with Gasteiger partial charge in [-0.25, -0.2) is 0 Å². The first-order valence-corrected chi connectivity index (χ1v) is 7.38. The lowest BCUT2D eigenvalue weighted by Gasteiger charge is -2.19. The Balaban J connectivity index is 1.97. The van der Waals surface area contributed by atoms with Gasteiger partial charge in [0.2, 0.25) is 0 Å². The molecule has 1 aromatic rings. The van der Waals surface area contributed by atoms with Crippen molar-refractivity contribution in [2.75, 3.05) is 7.05 Å². The van der Waals surface area contributed by atoms with Gasteiger partial charge in [-0.05, 0) is 52.3 Å². The molecule has 1 aliphatic carbocycles. The highest BCUT2D eigenvalue weighted by Gasteiger charge is 2.20. The van der Waals surface area contributed by atoms with E-state index in [1.54, 1.807) is 11.3 Å². The van der Waals surface area contributed by atoms with Crippen LogP contribution in [0.2, 0.25) is 0 Å². The molecule has 0 saturated heterocycles. The monoisotopic (exact) mass is 287 g/mol. The molecule has 1 N–H and O–H groups in total. The van der Waals surface area contributed by atoms with Crippen LogP contribution in [-0.2, 0) is 0 Å². The SMILES string of the molecule is CNC(CC1CCCC1)c1csc(Br)c1. The fourth-order valence-corrected chi connectivity index (χ4v) is 3.74. The van der Waals surface area contributed by atoms with Gasteiger partial charge >= 0.3 is 0 Å². The molecule has 0 bridgehead atoms. The zero-order valence-corrected chi connectivity index (χ0v) is 11.5. The molecular formula is C12H18BrNS. The maximum absolute atomic E-state index is 3.53. The van der Waals surface area contributed by atoms with Gasteiger partial charge in [-0.1, -0.05) is 25.7 Å². The van der Waals surface area contributed by atoms with E-state index in [0.717, 1.165) is 5.92 Å². The molecule has 1 nitrogen and oxygen atoms in total. The number of hydrogen-bond acceptors (Lipinski definition) is 2. The lowest BCUT2D eigenvalue weighted by molar-refractivity contribution is 0.414. The van der Waals surface area contributed by atoms with E-state index in [2.05, 4.69) is 39.7 Å². The molecule has 1 aromatic heterocycles. The Kier molecular flexibility index (Phi) is 4.23. The Morgan fingerprint density at radius 3 is 2.80 bits per heavy atom. The molecule has 0 radical (unpaired) electrons. The molecule has 0 amide bonds. The quantitative estimate of drug-likeness (QED) is 0.868. The number of nitrogens with one attached hydrogen (secondary N) is 1. The van der Waals surface area contributed by atoms with Gasteiger partial charge < -0.3 is 5.32 Å². The second kappa shape index (κ2) is 5.46. The summed E-state index contributed by atoms with van der Waals surface area (Å²) >= 11 is 5.32. The summed E-state index contributed by atoms with van der Waals surface area (Å²) in [6, 6.07) is 2.80. The Morgan fingerprint density at radius 1 is 1.53 bits per heavy atom. The number of thiophene rings is 1. The third kappa shape index (κ3) is 3.05. The van der Waals surface area contributed by atoms with E-state index < -0.39 is 0 Å². The zero-order valence-electron chi connectivity index (χ0n) is 9.13. The van der Waals surface area contributed by atoms with Crippen LogP contribution in [0.25, 0.3) is 0 Å². The highest BCUT2D eigenvalue weighted by atomic mass is 79.9. The highest BCUT2D eigenvalue weighted by Crippen LogP contribution is 2.34. The van der Waals surface area contributed by atoms with E-state index in [9.17, 15) is 0 Å². The van der Waals surface area contributed by atoms with Crippen molar-refractivity contribution in [2.45, 2.75) is 38.1 Å². The van der Waals surface area contributed by atoms with Crippen molar-refractivity contribution in [3.63, 3.8) is 0 Å². The van der Waals surface area contributed by atoms with Gasteiger partial charge in [0.05, 0.1) is 3.79 Å². The van der Waals surface area contributed by atoms with Crippen LogP contribution in [0, 0.1) is 5.92 Å². The minimum absolute atomic E-state index is 0.552. The van der Waals surface area contributed by atoms with E-state index in [-0.39, 0.29) is 0 Å². The molecule has 2 rings (SSSR count). The average molecular weight is 288 g/mol. The van der Waals surface area contributed by atoms with Crippen LogP contribution in [0.1, 0.15) is 43.7 Å². The number of halogens is 1. The summed E-state index contributed by atoms with van der Waals surface area (Å²) in [6.45, 7) is 0. The zero-order chi connectivity index (χ0) is 10.7. The lowest BCUT2D eigenvalue weighted by atomic mass is 9.95. The summed E-state index contributed by atoms with van der Waals surface area (Å²) in [5.41, 5.74) is 1.45. The lowest BCUT2D eigenvalue weighted by Crippen LogP contribution is -2.18. The standard InChI is InChI=1S/C12H18BrNS/c1-14-11(6-9-4-2-3-5-9)10-7-12(13)15-8-10/h7-9,11,14H,2-6H2,1H3. The summed E-state index contributed by atoms with van der Waals surface area (Å²) in [7, 11) is 2.07. The predicted octanol–water partition coefficient (Wildman–Crippen LogP) is 4.35. The Labute approximate surface area is 104 Å². The van der Waals surface area contributed by atoms with Gasteiger partial charge in [-0.15, -0.1) is 11.3 Å². The van der Waals surface area contributed by atoms with Gasteiger partial charge in [0.1, 0.15) is 0 Å². The van der Waals surface area contributed by atoms with Gasteiger partial charge in [0.25, 0.3) is 0 Å². The van der Waals surface area contributed by atoms with Crippen molar-refractivity contribution in [1.29, 1.82) is 0 Å². The molecule has 1 heterocycles. The van der Waals surface area contributed by atoms with Gasteiger partial charge in [-0.2, -0.15) is 0 Å². The van der Waals surface area contributed by atoms with Gasteiger partial charge in [0.15, 0.2) is 0 Å². The van der Waals surface area contributed by atoms with Gasteiger partial charge in [-0.3, -0.25) is 0 Å². The predicted molar refractivity (Wildman–Crippen MR) is 70.4 cm³/mol. The molecule has 1 unspecified atom stereocenters. The van der Waals surface area contributed by atoms with Gasteiger partial charge in [0, 0.05) is 6.04 Å². The summed E-state index contributed by atoms with van der Waals surface area (Å²) in [6.07, 6.45) is 7.05. The van der Waals surface area contributed by atoms with E-state index in [1.807, 2.05) is 0 Å². The van der Waals surface area contributed by atoms with Crippen molar-refractivity contribution in [3.8, 4) is 0 Å². The second-order valence-corrected chi connectivity index (χ2v) is 6.70. The first-order valence-electron chi connectivity index (χ1n) is 5.71. The summed E-state index contributed by atoms with van der Waals surface area (Å²) in [5.74, 6) is 0.945. The highest BCUT2D eigenvalue weighted by molar-refractivity contribution is 9.11. The Bertz CT molecular complexity index is 304. The molecule has 0 aliphatic heterocycles. The van der Waals surface area contributed by atoms with Crippen LogP contribution < -0.4 is 5.32 Å². The molecule has 1 fully saturated rings. The third-order valence-electron chi connectivity index (χ3n) is 3.38. The fraction of sp³-hybridized carbons (Fsp3) is 0.667. The summed E-state index contributed by atoms with van der Waals surface area (Å²) in [4.78, 5) is 0. The van der Waals surface area contributed by atoms with Crippen LogP contribution >= 0.6 is 27.3 Å². The first-order chi connectivity index (χ1) is 7.29. The molecule has 0 aromatic carbocycles. The van der Waals surface area contributed by atoms with Crippen LogP contribution in [0.15, 0.2) is 15.2 Å². The van der Waals surface area contributed by atoms with Crippen LogP contribution in [0.3, 0.4) is 0 Å².